The fourth-order valence-electron chi connectivity index (χ4n) is 9.36. The maximum absolute atomic E-state index is 13.0. The third-order valence-corrected chi connectivity index (χ3v) is 11.3. The van der Waals surface area contributed by atoms with Gasteiger partial charge in [0.2, 0.25) is 0 Å². The second-order valence-electron chi connectivity index (χ2n) is 14.6. The van der Waals surface area contributed by atoms with Crippen LogP contribution in [-0.2, 0) is 19.1 Å². The van der Waals surface area contributed by atoms with Crippen molar-refractivity contribution in [2.45, 2.75) is 143 Å². The van der Waals surface area contributed by atoms with E-state index in [-0.39, 0.29) is 47.8 Å². The van der Waals surface area contributed by atoms with Gasteiger partial charge in [-0.15, -0.1) is 0 Å². The van der Waals surface area contributed by atoms with E-state index in [2.05, 4.69) is 46.8 Å². The van der Waals surface area contributed by atoms with Crippen LogP contribution in [0.15, 0.2) is 23.3 Å². The molecule has 1 N–H and O–H groups in total. The van der Waals surface area contributed by atoms with Gasteiger partial charge in [-0.2, -0.15) is 0 Å². The van der Waals surface area contributed by atoms with Gasteiger partial charge in [-0.25, -0.2) is 0 Å². The largest absolute Gasteiger partial charge is 0.458 e. The Labute approximate surface area is 249 Å². The second-order valence-corrected chi connectivity index (χ2v) is 14.6. The normalized spacial score (nSPS) is 34.9. The summed E-state index contributed by atoms with van der Waals surface area (Å²) in [6.45, 7) is 12.7. The van der Waals surface area contributed by atoms with Crippen molar-refractivity contribution in [2.75, 3.05) is 6.61 Å². The van der Waals surface area contributed by atoms with Crippen LogP contribution in [0.5, 0.6) is 0 Å². The highest BCUT2D eigenvalue weighted by molar-refractivity contribution is 5.70. The molecule has 0 heterocycles. The van der Waals surface area contributed by atoms with Gasteiger partial charge < -0.3 is 14.6 Å². The summed E-state index contributed by atoms with van der Waals surface area (Å²) in [4.78, 5) is 25.1. The minimum atomic E-state index is -0.422. The molecule has 232 valence electrons. The van der Waals surface area contributed by atoms with E-state index in [0.717, 1.165) is 36.8 Å². The molecule has 0 saturated heterocycles. The number of aliphatic hydroxyl groups excluding tert-OH is 1. The minimum Gasteiger partial charge on any atom is -0.458 e. The van der Waals surface area contributed by atoms with Crippen molar-refractivity contribution >= 4 is 11.9 Å². The summed E-state index contributed by atoms with van der Waals surface area (Å²) in [6, 6.07) is 0. The van der Waals surface area contributed by atoms with Gasteiger partial charge in [-0.05, 0) is 61.0 Å². The molecule has 5 nitrogen and oxygen atoms in total. The van der Waals surface area contributed by atoms with Crippen LogP contribution in [0.4, 0.5) is 0 Å². The molecule has 0 aromatic carbocycles. The molecule has 2 saturated carbocycles. The van der Waals surface area contributed by atoms with E-state index in [1.54, 1.807) is 0 Å². The number of carbonyl (C=O) groups excluding carboxylic acids is 2. The van der Waals surface area contributed by atoms with Gasteiger partial charge in [0.25, 0.3) is 0 Å². The number of ether oxygens (including phenoxy) is 2. The third kappa shape index (κ3) is 6.81. The zero-order valence-corrected chi connectivity index (χ0v) is 26.9. The Balaban J connectivity index is 1.31. The van der Waals surface area contributed by atoms with E-state index >= 15 is 0 Å². The van der Waals surface area contributed by atoms with Crippen LogP contribution >= 0.6 is 0 Å². The fraction of sp³-hybridized carbons (Fsp3) is 0.833. The Morgan fingerprint density at radius 1 is 0.951 bits per heavy atom. The van der Waals surface area contributed by atoms with Crippen molar-refractivity contribution in [1.29, 1.82) is 0 Å². The lowest BCUT2D eigenvalue weighted by Crippen LogP contribution is -2.42. The summed E-state index contributed by atoms with van der Waals surface area (Å²) in [6.07, 6.45) is 20.5. The predicted octanol–water partition coefficient (Wildman–Crippen LogP) is 8.34. The molecule has 4 aliphatic carbocycles. The van der Waals surface area contributed by atoms with E-state index in [0.29, 0.717) is 24.2 Å². The molecule has 0 amide bonds. The lowest BCUT2D eigenvalue weighted by molar-refractivity contribution is -0.155. The van der Waals surface area contributed by atoms with Crippen molar-refractivity contribution in [1.82, 2.24) is 0 Å². The van der Waals surface area contributed by atoms with Crippen molar-refractivity contribution in [3.63, 3.8) is 0 Å². The fourth-order valence-corrected chi connectivity index (χ4v) is 9.36. The quantitative estimate of drug-likeness (QED) is 0.122. The van der Waals surface area contributed by atoms with E-state index in [4.69, 9.17) is 9.47 Å². The maximum Gasteiger partial charge on any atom is 0.306 e. The van der Waals surface area contributed by atoms with Gasteiger partial charge in [0.15, 0.2) is 0 Å². The summed E-state index contributed by atoms with van der Waals surface area (Å²) >= 11 is 0. The van der Waals surface area contributed by atoms with Crippen LogP contribution in [0.1, 0.15) is 131 Å². The van der Waals surface area contributed by atoms with Gasteiger partial charge in [0.05, 0.1) is 6.61 Å². The summed E-state index contributed by atoms with van der Waals surface area (Å²) in [5.41, 5.74) is 1.68. The Morgan fingerprint density at radius 3 is 2.15 bits per heavy atom. The summed E-state index contributed by atoms with van der Waals surface area (Å²) in [7, 11) is 0. The maximum atomic E-state index is 13.0. The molecule has 2 fully saturated rings. The zero-order valence-electron chi connectivity index (χ0n) is 26.9. The Morgan fingerprint density at radius 2 is 1.56 bits per heavy atom. The van der Waals surface area contributed by atoms with Crippen molar-refractivity contribution in [3.05, 3.63) is 23.3 Å². The van der Waals surface area contributed by atoms with Crippen LogP contribution < -0.4 is 0 Å². The molecule has 4 unspecified atom stereocenters. The van der Waals surface area contributed by atoms with E-state index < -0.39 is 5.60 Å². The molecule has 8 atom stereocenters. The number of carbonyl (C=O) groups is 2. The number of fused-ring (bicyclic) bond motifs is 5. The number of hydrogen-bond acceptors (Lipinski definition) is 5. The van der Waals surface area contributed by atoms with Crippen LogP contribution in [0, 0.1) is 40.9 Å². The van der Waals surface area contributed by atoms with Crippen LogP contribution in [0.2, 0.25) is 0 Å². The average Bonchev–Trinajstić information content (AvgIpc) is 3.30. The second kappa shape index (κ2) is 13.8. The Kier molecular flexibility index (Phi) is 10.9. The first-order valence-electron chi connectivity index (χ1n) is 16.9. The van der Waals surface area contributed by atoms with E-state index in [9.17, 15) is 14.7 Å². The SMILES string of the molecule is CCCCCCCCCCCCCC(=O)OC1C(C)=C[C@@H]2C1CC(CO)=C[C@@H]1C2[C@H](C)CC2(OC(C)=O)[C@H]1C2(C)C. The smallest absolute Gasteiger partial charge is 0.306 e. The summed E-state index contributed by atoms with van der Waals surface area (Å²) in [5, 5.41) is 10.4. The number of allylic oxidation sites excluding steroid dienone is 2. The topological polar surface area (TPSA) is 72.8 Å². The van der Waals surface area contributed by atoms with Crippen LogP contribution in [0.3, 0.4) is 0 Å². The number of hydrogen-bond donors (Lipinski definition) is 1. The van der Waals surface area contributed by atoms with E-state index in [1.807, 2.05) is 0 Å². The summed E-state index contributed by atoms with van der Waals surface area (Å²) < 4.78 is 12.3. The van der Waals surface area contributed by atoms with Crippen molar-refractivity contribution in [2.24, 2.45) is 40.9 Å². The molecule has 0 aromatic rings. The standard InChI is InChI=1S/C36H58O5/c1-7-8-9-10-11-12-13-14-15-16-17-18-31(39)40-33-24(2)19-28-29(33)20-27(23-37)21-30-32(28)25(3)22-36(41-26(4)38)34(30)35(36,5)6/h19,21,25,28-30,32-34,37H,7-18,20,22-23H2,1-6H3/t25-,28-,29?,30-,32?,33?,34-,36?/m1/s1. The molecule has 0 radical (unpaired) electrons. The summed E-state index contributed by atoms with van der Waals surface area (Å²) in [5.74, 6) is 1.39. The molecule has 0 aromatic heterocycles. The highest BCUT2D eigenvalue weighted by Crippen LogP contribution is 2.75. The first-order chi connectivity index (χ1) is 19.6. The molecule has 0 spiro atoms. The molecule has 4 rings (SSSR count). The van der Waals surface area contributed by atoms with Gasteiger partial charge in [-0.3, -0.25) is 9.59 Å². The third-order valence-electron chi connectivity index (χ3n) is 11.3. The van der Waals surface area contributed by atoms with Gasteiger partial charge in [-0.1, -0.05) is 104 Å². The Hall–Kier alpha value is -1.62. The zero-order chi connectivity index (χ0) is 29.8. The lowest BCUT2D eigenvalue weighted by atomic mass is 9.64. The molecule has 0 bridgehead atoms. The number of rotatable bonds is 15. The van der Waals surface area contributed by atoms with Crippen LogP contribution in [-0.4, -0.2) is 35.4 Å². The molecule has 0 aliphatic heterocycles. The van der Waals surface area contributed by atoms with Gasteiger partial charge in [0.1, 0.15) is 11.7 Å². The minimum absolute atomic E-state index is 0.0208. The molecule has 41 heavy (non-hydrogen) atoms. The average molecular weight is 571 g/mol. The van der Waals surface area contributed by atoms with Crippen molar-refractivity contribution in [3.8, 4) is 0 Å². The number of esters is 2. The first kappa shape index (κ1) is 32.3. The van der Waals surface area contributed by atoms with Gasteiger partial charge in [0, 0.05) is 30.6 Å². The molecular weight excluding hydrogens is 512 g/mol. The number of aliphatic hydroxyl groups is 1. The first-order valence-corrected chi connectivity index (χ1v) is 16.9. The van der Waals surface area contributed by atoms with Crippen molar-refractivity contribution < 1.29 is 24.2 Å². The Bertz CT molecular complexity index is 978. The molecular formula is C36H58O5. The number of unbranched alkanes of at least 4 members (excludes halogenated alkanes) is 10. The lowest BCUT2D eigenvalue weighted by Gasteiger charge is -2.42. The predicted molar refractivity (Wildman–Crippen MR) is 164 cm³/mol. The highest BCUT2D eigenvalue weighted by atomic mass is 16.6. The van der Waals surface area contributed by atoms with Gasteiger partial charge >= 0.3 is 11.9 Å². The van der Waals surface area contributed by atoms with Crippen LogP contribution in [0.25, 0.3) is 0 Å². The molecule has 5 heteroatoms. The highest BCUT2D eigenvalue weighted by Gasteiger charge is 2.79. The van der Waals surface area contributed by atoms with E-state index in [1.165, 1.54) is 64.7 Å². The molecule has 4 aliphatic rings. The monoisotopic (exact) mass is 570 g/mol.